The Kier molecular flexibility index (Phi) is 3.39. The summed E-state index contributed by atoms with van der Waals surface area (Å²) in [5, 5.41) is 2.49. The first kappa shape index (κ1) is 15.5. The molecule has 0 aliphatic carbocycles. The molecule has 0 bridgehead atoms. The summed E-state index contributed by atoms with van der Waals surface area (Å²) in [6.07, 6.45) is -3.04. The van der Waals surface area contributed by atoms with Crippen molar-refractivity contribution in [2.24, 2.45) is 0 Å². The van der Waals surface area contributed by atoms with E-state index < -0.39 is 54.1 Å². The van der Waals surface area contributed by atoms with E-state index in [1.165, 1.54) is 0 Å². The predicted molar refractivity (Wildman–Crippen MR) is 71.7 cm³/mol. The number of hydrogen-bond acceptors (Lipinski definition) is 7. The highest BCUT2D eigenvalue weighted by Crippen LogP contribution is 2.42. The highest BCUT2D eigenvalue weighted by Gasteiger charge is 2.63. The Hall–Kier alpha value is -1.38. The van der Waals surface area contributed by atoms with Crippen LogP contribution in [0, 0.1) is 0 Å². The standard InChI is InChI=1S/C14H21NO7/c1-13(2,3)22-12(17)15-6-7-8(18-10(6)16)9-11(19-7)21-14(4,5)20-9/h6-9,11H,1-5H3,(H,15,17)/t6-,7+,8-,9+,11+/m0/s1. The van der Waals surface area contributed by atoms with Crippen LogP contribution in [0.4, 0.5) is 4.79 Å². The molecule has 1 N–H and O–H groups in total. The maximum Gasteiger partial charge on any atom is 0.408 e. The molecule has 3 fully saturated rings. The molecular formula is C14H21NO7. The summed E-state index contributed by atoms with van der Waals surface area (Å²) in [6.45, 7) is 8.74. The summed E-state index contributed by atoms with van der Waals surface area (Å²) < 4.78 is 27.4. The van der Waals surface area contributed by atoms with Crippen LogP contribution in [0.1, 0.15) is 34.6 Å². The third kappa shape index (κ3) is 2.78. The largest absolute Gasteiger partial charge is 0.455 e. The summed E-state index contributed by atoms with van der Waals surface area (Å²) in [7, 11) is 0. The van der Waals surface area contributed by atoms with Crippen molar-refractivity contribution < 1.29 is 33.3 Å². The van der Waals surface area contributed by atoms with E-state index in [2.05, 4.69) is 5.32 Å². The van der Waals surface area contributed by atoms with Crippen LogP contribution in [0.5, 0.6) is 0 Å². The molecule has 3 heterocycles. The van der Waals surface area contributed by atoms with Crippen LogP contribution >= 0.6 is 0 Å². The molecule has 3 aliphatic rings. The summed E-state index contributed by atoms with van der Waals surface area (Å²) >= 11 is 0. The van der Waals surface area contributed by atoms with Gasteiger partial charge in [-0.15, -0.1) is 0 Å². The van der Waals surface area contributed by atoms with Gasteiger partial charge in [-0.05, 0) is 34.6 Å². The quantitative estimate of drug-likeness (QED) is 0.711. The van der Waals surface area contributed by atoms with Gasteiger partial charge >= 0.3 is 12.1 Å². The van der Waals surface area contributed by atoms with Crippen molar-refractivity contribution in [2.75, 3.05) is 0 Å². The third-order valence-electron chi connectivity index (χ3n) is 3.53. The molecule has 0 unspecified atom stereocenters. The van der Waals surface area contributed by atoms with Crippen molar-refractivity contribution in [2.45, 2.75) is 76.7 Å². The van der Waals surface area contributed by atoms with Gasteiger partial charge in [0.1, 0.15) is 11.7 Å². The van der Waals surface area contributed by atoms with E-state index in [9.17, 15) is 9.59 Å². The van der Waals surface area contributed by atoms with Crippen LogP contribution in [0.25, 0.3) is 0 Å². The summed E-state index contributed by atoms with van der Waals surface area (Å²) in [4.78, 5) is 23.8. The lowest BCUT2D eigenvalue weighted by Gasteiger charge is -2.23. The van der Waals surface area contributed by atoms with Crippen LogP contribution in [0.2, 0.25) is 0 Å². The van der Waals surface area contributed by atoms with Crippen LogP contribution in [-0.2, 0) is 28.5 Å². The van der Waals surface area contributed by atoms with Gasteiger partial charge in [-0.25, -0.2) is 9.59 Å². The van der Waals surface area contributed by atoms with Crippen LogP contribution < -0.4 is 5.32 Å². The predicted octanol–water partition coefficient (Wildman–Crippen LogP) is 0.681. The van der Waals surface area contributed by atoms with Gasteiger partial charge in [0.05, 0.1) is 0 Å². The maximum atomic E-state index is 12.0. The van der Waals surface area contributed by atoms with Crippen molar-refractivity contribution in [3.05, 3.63) is 0 Å². The van der Waals surface area contributed by atoms with Gasteiger partial charge in [0, 0.05) is 0 Å². The number of rotatable bonds is 1. The van der Waals surface area contributed by atoms with Crippen LogP contribution in [-0.4, -0.2) is 54.1 Å². The van der Waals surface area contributed by atoms with Crippen molar-refractivity contribution in [3.8, 4) is 0 Å². The van der Waals surface area contributed by atoms with Crippen molar-refractivity contribution >= 4 is 12.1 Å². The number of amides is 1. The third-order valence-corrected chi connectivity index (χ3v) is 3.53. The van der Waals surface area contributed by atoms with Crippen molar-refractivity contribution in [3.63, 3.8) is 0 Å². The maximum absolute atomic E-state index is 12.0. The minimum atomic E-state index is -0.930. The Morgan fingerprint density at radius 1 is 1.18 bits per heavy atom. The molecule has 3 rings (SSSR count). The molecule has 0 aromatic heterocycles. The molecule has 22 heavy (non-hydrogen) atoms. The molecule has 0 aromatic rings. The molecule has 124 valence electrons. The Morgan fingerprint density at radius 3 is 2.50 bits per heavy atom. The number of carbonyl (C=O) groups excluding carboxylic acids is 2. The van der Waals surface area contributed by atoms with Crippen molar-refractivity contribution in [1.29, 1.82) is 0 Å². The van der Waals surface area contributed by atoms with E-state index in [4.69, 9.17) is 23.7 Å². The molecular weight excluding hydrogens is 294 g/mol. The normalized spacial score (nSPS) is 39.1. The molecule has 3 aliphatic heterocycles. The van der Waals surface area contributed by atoms with Gasteiger partial charge in [0.25, 0.3) is 0 Å². The van der Waals surface area contributed by atoms with Gasteiger partial charge in [-0.3, -0.25) is 0 Å². The highest BCUT2D eigenvalue weighted by atomic mass is 16.8. The van der Waals surface area contributed by atoms with Gasteiger partial charge in [-0.1, -0.05) is 0 Å². The van der Waals surface area contributed by atoms with E-state index in [0.717, 1.165) is 0 Å². The Morgan fingerprint density at radius 2 is 1.86 bits per heavy atom. The first-order valence-corrected chi connectivity index (χ1v) is 7.27. The number of fused-ring (bicyclic) bond motifs is 3. The number of ether oxygens (including phenoxy) is 5. The van der Waals surface area contributed by atoms with Crippen LogP contribution in [0.15, 0.2) is 0 Å². The van der Waals surface area contributed by atoms with E-state index >= 15 is 0 Å². The van der Waals surface area contributed by atoms with Gasteiger partial charge < -0.3 is 29.0 Å². The van der Waals surface area contributed by atoms with E-state index in [-0.39, 0.29) is 0 Å². The fraction of sp³-hybridized carbons (Fsp3) is 0.857. The SMILES string of the molecule is CC(C)(C)OC(=O)N[C@@H]1C(=O)O[C@@H]2[C@H]3OC(C)(C)O[C@H]3O[C@@H]21. The number of hydrogen-bond donors (Lipinski definition) is 1. The first-order chi connectivity index (χ1) is 10.1. The smallest absolute Gasteiger partial charge is 0.408 e. The molecule has 1 amide bonds. The summed E-state index contributed by atoms with van der Waals surface area (Å²) in [5.41, 5.74) is -0.657. The summed E-state index contributed by atoms with van der Waals surface area (Å²) in [6, 6.07) is -0.930. The molecule has 0 spiro atoms. The minimum absolute atomic E-state index is 0.491. The fourth-order valence-electron chi connectivity index (χ4n) is 2.82. The van der Waals surface area contributed by atoms with Gasteiger partial charge in [-0.2, -0.15) is 0 Å². The molecule has 0 radical (unpaired) electrons. The molecule has 8 nitrogen and oxygen atoms in total. The van der Waals surface area contributed by atoms with Gasteiger partial charge in [0.2, 0.25) is 0 Å². The molecule has 8 heteroatoms. The monoisotopic (exact) mass is 315 g/mol. The lowest BCUT2D eigenvalue weighted by molar-refractivity contribution is -0.210. The number of esters is 1. The lowest BCUT2D eigenvalue weighted by atomic mass is 10.1. The molecule has 0 saturated carbocycles. The Balaban J connectivity index is 1.66. The minimum Gasteiger partial charge on any atom is -0.455 e. The second-order valence-electron chi connectivity index (χ2n) is 7.09. The summed E-state index contributed by atoms with van der Waals surface area (Å²) in [5.74, 6) is -1.35. The van der Waals surface area contributed by atoms with E-state index in [0.29, 0.717) is 0 Å². The molecule has 0 aromatic carbocycles. The first-order valence-electron chi connectivity index (χ1n) is 7.27. The average Bonchev–Trinajstić information content (AvgIpc) is 2.86. The lowest BCUT2D eigenvalue weighted by Crippen LogP contribution is -2.48. The van der Waals surface area contributed by atoms with E-state index in [1.807, 2.05) is 0 Å². The van der Waals surface area contributed by atoms with Crippen molar-refractivity contribution in [1.82, 2.24) is 5.32 Å². The number of carbonyl (C=O) groups is 2. The zero-order chi connectivity index (χ0) is 16.3. The Bertz CT molecular complexity index is 498. The Labute approximate surface area is 128 Å². The highest BCUT2D eigenvalue weighted by molar-refractivity contribution is 5.84. The van der Waals surface area contributed by atoms with Gasteiger partial charge in [0.15, 0.2) is 30.3 Å². The number of alkyl carbamates (subject to hydrolysis) is 1. The molecule has 5 atom stereocenters. The van der Waals surface area contributed by atoms with Crippen LogP contribution in [0.3, 0.4) is 0 Å². The second kappa shape index (κ2) is 4.81. The zero-order valence-electron chi connectivity index (χ0n) is 13.2. The topological polar surface area (TPSA) is 92.3 Å². The zero-order valence-corrected chi connectivity index (χ0v) is 13.2. The molecule has 3 saturated heterocycles. The van der Waals surface area contributed by atoms with E-state index in [1.54, 1.807) is 34.6 Å². The second-order valence-corrected chi connectivity index (χ2v) is 7.09. The average molecular weight is 315 g/mol. The number of nitrogens with one attached hydrogen (secondary N) is 1. The fourth-order valence-corrected chi connectivity index (χ4v) is 2.82.